The number of ether oxygens (including phenoxy) is 1. The van der Waals surface area contributed by atoms with Crippen molar-refractivity contribution in [2.45, 2.75) is 30.6 Å². The highest BCUT2D eigenvalue weighted by molar-refractivity contribution is 8.16. The number of piperidine rings is 1. The van der Waals surface area contributed by atoms with Crippen LogP contribution in [0.3, 0.4) is 0 Å². The Kier molecular flexibility index (Phi) is 8.28. The second-order valence-electron chi connectivity index (χ2n) is 10.8. The lowest BCUT2D eigenvalue weighted by Gasteiger charge is -2.34. The minimum Gasteiger partial charge on any atom is -0.484 e. The summed E-state index contributed by atoms with van der Waals surface area (Å²) in [6.07, 6.45) is 3.42. The van der Waals surface area contributed by atoms with Crippen LogP contribution in [-0.4, -0.2) is 62.0 Å². The topological polar surface area (TPSA) is 79.3 Å². The van der Waals surface area contributed by atoms with Crippen LogP contribution in [0.1, 0.15) is 18.4 Å². The van der Waals surface area contributed by atoms with Crippen LogP contribution in [-0.2, 0) is 21.1 Å². The lowest BCUT2D eigenvalue weighted by Crippen LogP contribution is -2.38. The van der Waals surface area contributed by atoms with Crippen molar-refractivity contribution in [3.63, 3.8) is 0 Å². The Morgan fingerprint density at radius 3 is 2.32 bits per heavy atom. The minimum atomic E-state index is -3.15. The number of carbonyl (C=O) groups excluding carboxylic acids is 1. The van der Waals surface area contributed by atoms with Gasteiger partial charge in [-0.2, -0.15) is 4.99 Å². The molecular formula is C31H32ClN3O4S2. The molecule has 3 aliphatic heterocycles. The smallest absolute Gasteiger partial charge is 0.285 e. The van der Waals surface area contributed by atoms with E-state index in [9.17, 15) is 13.2 Å². The molecule has 0 unspecified atom stereocenters. The van der Waals surface area contributed by atoms with Gasteiger partial charge in [-0.05, 0) is 79.3 Å². The fraction of sp³-hybridized carbons (Fsp3) is 0.355. The van der Waals surface area contributed by atoms with Crippen LogP contribution in [0.4, 0.5) is 11.4 Å². The van der Waals surface area contributed by atoms with Gasteiger partial charge in [-0.15, -0.1) is 0 Å². The molecule has 3 aliphatic rings. The van der Waals surface area contributed by atoms with Crippen LogP contribution in [0.25, 0.3) is 0 Å². The molecule has 3 aromatic rings. The molecule has 1 amide bonds. The van der Waals surface area contributed by atoms with Crippen molar-refractivity contribution < 1.29 is 17.9 Å². The summed E-state index contributed by atoms with van der Waals surface area (Å²) in [5.74, 6) is 0.932. The number of amidine groups is 1. The van der Waals surface area contributed by atoms with E-state index in [0.29, 0.717) is 21.9 Å². The molecule has 0 bridgehead atoms. The zero-order valence-corrected chi connectivity index (χ0v) is 25.0. The summed E-state index contributed by atoms with van der Waals surface area (Å²) < 4.78 is 30.5. The van der Waals surface area contributed by atoms with Gasteiger partial charge in [0.1, 0.15) is 5.75 Å². The number of halogens is 1. The molecule has 7 nitrogen and oxygen atoms in total. The van der Waals surface area contributed by atoms with Crippen molar-refractivity contribution in [3.05, 3.63) is 89.4 Å². The molecule has 10 heteroatoms. The third-order valence-corrected chi connectivity index (χ3v) is 11.4. The summed E-state index contributed by atoms with van der Waals surface area (Å²) in [6, 6.07) is 25.4. The highest BCUT2D eigenvalue weighted by Crippen LogP contribution is 2.41. The van der Waals surface area contributed by atoms with E-state index in [1.54, 1.807) is 24.3 Å². The Morgan fingerprint density at radius 1 is 0.927 bits per heavy atom. The van der Waals surface area contributed by atoms with Gasteiger partial charge in [0.15, 0.2) is 21.6 Å². The number of benzene rings is 3. The van der Waals surface area contributed by atoms with Gasteiger partial charge < -0.3 is 14.5 Å². The highest BCUT2D eigenvalue weighted by atomic mass is 35.5. The van der Waals surface area contributed by atoms with Gasteiger partial charge in [-0.3, -0.25) is 4.79 Å². The third kappa shape index (κ3) is 6.74. The summed E-state index contributed by atoms with van der Waals surface area (Å²) in [6.45, 7) is 1.80. The average Bonchev–Trinajstić information content (AvgIpc) is 3.44. The summed E-state index contributed by atoms with van der Waals surface area (Å²) in [5, 5.41) is 0.947. The van der Waals surface area contributed by atoms with E-state index >= 15 is 0 Å². The SMILES string of the molecule is O=C(COc1ccc(Cl)cc1)N=C1S[C@@H]2CS(=O)(=O)C[C@@H]2N1c1ccc(N2CCC(Cc3ccccc3)CC2)cc1. The van der Waals surface area contributed by atoms with Crippen LogP contribution in [0, 0.1) is 5.92 Å². The number of aliphatic imine (C=N–C) groups is 1. The second-order valence-corrected chi connectivity index (χ2v) is 14.6. The first-order valence-electron chi connectivity index (χ1n) is 13.9. The van der Waals surface area contributed by atoms with Gasteiger partial charge in [0.05, 0.1) is 17.5 Å². The molecule has 0 aliphatic carbocycles. The van der Waals surface area contributed by atoms with E-state index in [4.69, 9.17) is 16.3 Å². The maximum Gasteiger partial charge on any atom is 0.285 e. The number of nitrogens with zero attached hydrogens (tertiary/aromatic N) is 3. The molecule has 0 radical (unpaired) electrons. The van der Waals surface area contributed by atoms with Crippen molar-refractivity contribution in [2.24, 2.45) is 10.9 Å². The summed E-state index contributed by atoms with van der Waals surface area (Å²) >= 11 is 7.28. The lowest BCUT2D eigenvalue weighted by atomic mass is 9.90. The molecule has 3 heterocycles. The molecular weight excluding hydrogens is 578 g/mol. The van der Waals surface area contributed by atoms with E-state index in [1.807, 2.05) is 17.0 Å². The van der Waals surface area contributed by atoms with Crippen molar-refractivity contribution >= 4 is 55.6 Å². The van der Waals surface area contributed by atoms with Crippen LogP contribution in [0.15, 0.2) is 83.9 Å². The van der Waals surface area contributed by atoms with Crippen molar-refractivity contribution in [3.8, 4) is 5.75 Å². The van der Waals surface area contributed by atoms with Crippen LogP contribution >= 0.6 is 23.4 Å². The number of carbonyl (C=O) groups is 1. The maximum atomic E-state index is 12.8. The van der Waals surface area contributed by atoms with Crippen molar-refractivity contribution in [1.82, 2.24) is 0 Å². The Morgan fingerprint density at radius 2 is 1.61 bits per heavy atom. The lowest BCUT2D eigenvalue weighted by molar-refractivity contribution is -0.119. The van der Waals surface area contributed by atoms with Crippen LogP contribution < -0.4 is 14.5 Å². The van der Waals surface area contributed by atoms with Gasteiger partial charge in [-0.25, -0.2) is 8.42 Å². The van der Waals surface area contributed by atoms with E-state index < -0.39 is 15.7 Å². The van der Waals surface area contributed by atoms with Crippen molar-refractivity contribution in [1.29, 1.82) is 0 Å². The first kappa shape index (κ1) is 28.1. The quantitative estimate of drug-likeness (QED) is 0.351. The predicted octanol–water partition coefficient (Wildman–Crippen LogP) is 5.48. The van der Waals surface area contributed by atoms with Crippen LogP contribution in [0.2, 0.25) is 5.02 Å². The number of sulfone groups is 1. The standard InChI is InChI=1S/C31H32ClN3O4S2/c32-24-6-12-27(13-7-24)39-19-30(36)33-31-35(28-20-41(37,38)21-29(28)40-31)26-10-8-25(9-11-26)34-16-14-23(15-17-34)18-22-4-2-1-3-5-22/h1-13,23,28-29H,14-21H2/t28-,29+/m0/s1. The Hall–Kier alpha value is -3.01. The van der Waals surface area contributed by atoms with Gasteiger partial charge >= 0.3 is 0 Å². The normalized spacial score (nSPS) is 23.1. The molecule has 2 atom stereocenters. The summed E-state index contributed by atoms with van der Waals surface area (Å²) in [7, 11) is -3.15. The predicted molar refractivity (Wildman–Crippen MR) is 167 cm³/mol. The molecule has 214 valence electrons. The Bertz CT molecular complexity index is 1510. The highest BCUT2D eigenvalue weighted by Gasteiger charge is 2.49. The van der Waals surface area contributed by atoms with E-state index in [-0.39, 0.29) is 29.4 Å². The molecule has 6 rings (SSSR count). The maximum absolute atomic E-state index is 12.8. The first-order valence-corrected chi connectivity index (χ1v) is 17.0. The molecule has 41 heavy (non-hydrogen) atoms. The fourth-order valence-corrected chi connectivity index (χ4v) is 9.91. The summed E-state index contributed by atoms with van der Waals surface area (Å²) in [5.41, 5.74) is 3.40. The van der Waals surface area contributed by atoms with Crippen LogP contribution in [0.5, 0.6) is 5.75 Å². The van der Waals surface area contributed by atoms with Gasteiger partial charge in [0.2, 0.25) is 0 Å². The number of fused-ring (bicyclic) bond motifs is 1. The zero-order chi connectivity index (χ0) is 28.4. The minimum absolute atomic E-state index is 0.0514. The number of hydrogen-bond acceptors (Lipinski definition) is 6. The largest absolute Gasteiger partial charge is 0.484 e. The van der Waals surface area contributed by atoms with Crippen molar-refractivity contribution in [2.75, 3.05) is 41.0 Å². The zero-order valence-electron chi connectivity index (χ0n) is 22.6. The Labute approximate surface area is 250 Å². The fourth-order valence-electron chi connectivity index (χ4n) is 5.85. The van der Waals surface area contributed by atoms with Gasteiger partial charge in [0.25, 0.3) is 5.91 Å². The number of hydrogen-bond donors (Lipinski definition) is 0. The molecule has 0 spiro atoms. The number of thioether (sulfide) groups is 1. The molecule has 3 aromatic carbocycles. The monoisotopic (exact) mass is 609 g/mol. The number of anilines is 2. The molecule has 0 aromatic heterocycles. The van der Waals surface area contributed by atoms with Gasteiger partial charge in [0, 0.05) is 34.7 Å². The second kappa shape index (κ2) is 12.1. The third-order valence-electron chi connectivity index (χ3n) is 7.94. The molecule has 3 saturated heterocycles. The first-order chi connectivity index (χ1) is 19.8. The Balaban J connectivity index is 1.13. The molecule has 0 saturated carbocycles. The molecule has 0 N–H and O–H groups in total. The summed E-state index contributed by atoms with van der Waals surface area (Å²) in [4.78, 5) is 21.5. The van der Waals surface area contributed by atoms with E-state index in [2.05, 4.69) is 52.4 Å². The number of amides is 1. The van der Waals surface area contributed by atoms with E-state index in [0.717, 1.165) is 43.7 Å². The van der Waals surface area contributed by atoms with Gasteiger partial charge in [-0.1, -0.05) is 53.7 Å². The number of rotatable bonds is 7. The van der Waals surface area contributed by atoms with E-state index in [1.165, 1.54) is 17.3 Å². The molecule has 3 fully saturated rings. The average molecular weight is 610 g/mol.